The van der Waals surface area contributed by atoms with E-state index in [9.17, 15) is 13.2 Å². The fourth-order valence-electron chi connectivity index (χ4n) is 5.05. The SMILES string of the molecule is Fc1ccc(/C=C/CCN2CC[C@@H]3[C@@H](C2)c2cc(F)ccc2N3c2ccccc2F)cc1. The van der Waals surface area contributed by atoms with Gasteiger partial charge in [0.15, 0.2) is 0 Å². The van der Waals surface area contributed by atoms with Gasteiger partial charge in [-0.05, 0) is 66.4 Å². The van der Waals surface area contributed by atoms with Crippen LogP contribution in [0.3, 0.4) is 0 Å². The predicted octanol–water partition coefficient (Wildman–Crippen LogP) is 6.52. The third kappa shape index (κ3) is 4.05. The Morgan fingerprint density at radius 1 is 0.875 bits per heavy atom. The van der Waals surface area contributed by atoms with E-state index in [4.69, 9.17) is 0 Å². The first-order valence-corrected chi connectivity index (χ1v) is 11.1. The van der Waals surface area contributed by atoms with Crippen LogP contribution in [0.5, 0.6) is 0 Å². The molecule has 2 heterocycles. The normalized spacial score (nSPS) is 20.5. The van der Waals surface area contributed by atoms with E-state index < -0.39 is 0 Å². The Balaban J connectivity index is 1.31. The molecule has 2 aliphatic rings. The van der Waals surface area contributed by atoms with Gasteiger partial charge in [-0.25, -0.2) is 13.2 Å². The molecule has 1 saturated heterocycles. The van der Waals surface area contributed by atoms with E-state index in [1.165, 1.54) is 24.3 Å². The van der Waals surface area contributed by atoms with Crippen LogP contribution in [0.15, 0.2) is 72.8 Å². The molecule has 0 saturated carbocycles. The van der Waals surface area contributed by atoms with Gasteiger partial charge >= 0.3 is 0 Å². The van der Waals surface area contributed by atoms with Crippen LogP contribution in [0.2, 0.25) is 0 Å². The molecule has 5 heteroatoms. The van der Waals surface area contributed by atoms with Gasteiger partial charge in [0.1, 0.15) is 17.5 Å². The molecular formula is C27H25F3N2. The summed E-state index contributed by atoms with van der Waals surface area (Å²) in [5, 5.41) is 0. The topological polar surface area (TPSA) is 6.48 Å². The zero-order valence-corrected chi connectivity index (χ0v) is 17.7. The molecule has 3 aromatic carbocycles. The highest BCUT2D eigenvalue weighted by molar-refractivity contribution is 5.73. The second-order valence-corrected chi connectivity index (χ2v) is 8.53. The van der Waals surface area contributed by atoms with Gasteiger partial charge < -0.3 is 9.80 Å². The second kappa shape index (κ2) is 8.83. The van der Waals surface area contributed by atoms with Gasteiger partial charge in [0.05, 0.1) is 5.69 Å². The average molecular weight is 435 g/mol. The van der Waals surface area contributed by atoms with Crippen LogP contribution in [0.4, 0.5) is 24.5 Å². The van der Waals surface area contributed by atoms with Gasteiger partial charge in [-0.15, -0.1) is 0 Å². The van der Waals surface area contributed by atoms with E-state index in [1.807, 2.05) is 12.1 Å². The molecule has 0 amide bonds. The predicted molar refractivity (Wildman–Crippen MR) is 123 cm³/mol. The van der Waals surface area contributed by atoms with E-state index in [1.54, 1.807) is 36.4 Å². The van der Waals surface area contributed by atoms with Gasteiger partial charge in [0.2, 0.25) is 0 Å². The van der Waals surface area contributed by atoms with Crippen molar-refractivity contribution in [3.8, 4) is 0 Å². The second-order valence-electron chi connectivity index (χ2n) is 8.53. The molecule has 32 heavy (non-hydrogen) atoms. The third-order valence-corrected chi connectivity index (χ3v) is 6.54. The summed E-state index contributed by atoms with van der Waals surface area (Å²) in [6.07, 6.45) is 5.87. The lowest BCUT2D eigenvalue weighted by molar-refractivity contribution is 0.199. The van der Waals surface area contributed by atoms with Crippen LogP contribution in [-0.2, 0) is 0 Å². The standard InChI is InChI=1S/C27H25F3N2/c28-20-10-8-19(9-11-20)5-3-4-15-31-16-14-26-23(18-31)22-17-21(29)12-13-25(22)32(26)27-7-2-1-6-24(27)30/h1-3,5-13,17,23,26H,4,14-16,18H2/b5-3+/t23-,26+/m0/s1. The smallest absolute Gasteiger partial charge is 0.146 e. The first-order valence-electron chi connectivity index (χ1n) is 11.1. The number of halogens is 3. The molecule has 0 bridgehead atoms. The Labute approximate surface area is 186 Å². The Morgan fingerprint density at radius 2 is 1.66 bits per heavy atom. The van der Waals surface area contributed by atoms with Crippen molar-refractivity contribution in [3.63, 3.8) is 0 Å². The van der Waals surface area contributed by atoms with Gasteiger partial charge in [-0.2, -0.15) is 0 Å². The van der Waals surface area contributed by atoms with Crippen molar-refractivity contribution in [2.45, 2.75) is 24.8 Å². The Hall–Kier alpha value is -3.05. The van der Waals surface area contributed by atoms with Crippen LogP contribution < -0.4 is 4.90 Å². The number of anilines is 2. The highest BCUT2D eigenvalue weighted by Crippen LogP contribution is 2.49. The van der Waals surface area contributed by atoms with Crippen molar-refractivity contribution < 1.29 is 13.2 Å². The first-order chi connectivity index (χ1) is 15.6. The molecule has 2 aliphatic heterocycles. The fraction of sp³-hybridized carbons (Fsp3) is 0.259. The number of likely N-dealkylation sites (tertiary alicyclic amines) is 1. The summed E-state index contributed by atoms with van der Waals surface area (Å²) in [5.41, 5.74) is 3.41. The zero-order valence-electron chi connectivity index (χ0n) is 17.7. The number of hydrogen-bond acceptors (Lipinski definition) is 2. The van der Waals surface area contributed by atoms with E-state index in [-0.39, 0.29) is 29.4 Å². The number of benzene rings is 3. The highest BCUT2D eigenvalue weighted by Gasteiger charge is 2.43. The van der Waals surface area contributed by atoms with Gasteiger partial charge in [0, 0.05) is 37.3 Å². The molecule has 0 aromatic heterocycles. The van der Waals surface area contributed by atoms with Crippen molar-refractivity contribution in [3.05, 3.63) is 101 Å². The lowest BCUT2D eigenvalue weighted by Gasteiger charge is -2.39. The Kier molecular flexibility index (Phi) is 5.75. The van der Waals surface area contributed by atoms with Crippen molar-refractivity contribution in [2.24, 2.45) is 0 Å². The van der Waals surface area contributed by atoms with Crippen LogP contribution in [-0.4, -0.2) is 30.6 Å². The van der Waals surface area contributed by atoms with Gasteiger partial charge in [-0.1, -0.05) is 36.4 Å². The van der Waals surface area contributed by atoms with E-state index in [0.29, 0.717) is 5.69 Å². The van der Waals surface area contributed by atoms with Gasteiger partial charge in [0.25, 0.3) is 0 Å². The molecule has 5 rings (SSSR count). The molecule has 0 N–H and O–H groups in total. The number of fused-ring (bicyclic) bond motifs is 3. The van der Waals surface area contributed by atoms with Crippen molar-refractivity contribution in [1.29, 1.82) is 0 Å². The maximum Gasteiger partial charge on any atom is 0.146 e. The van der Waals surface area contributed by atoms with Crippen molar-refractivity contribution in [1.82, 2.24) is 4.90 Å². The molecule has 2 nitrogen and oxygen atoms in total. The molecule has 0 unspecified atom stereocenters. The van der Waals surface area contributed by atoms with Gasteiger partial charge in [-0.3, -0.25) is 0 Å². The Morgan fingerprint density at radius 3 is 2.47 bits per heavy atom. The molecule has 3 aromatic rings. The molecule has 1 fully saturated rings. The molecular weight excluding hydrogens is 409 g/mol. The van der Waals surface area contributed by atoms with Crippen LogP contribution in [0.1, 0.15) is 29.9 Å². The monoisotopic (exact) mass is 434 g/mol. The zero-order chi connectivity index (χ0) is 22.1. The number of hydrogen-bond donors (Lipinski definition) is 0. The van der Waals surface area contributed by atoms with E-state index >= 15 is 0 Å². The number of piperidine rings is 1. The number of rotatable bonds is 5. The van der Waals surface area contributed by atoms with Crippen LogP contribution >= 0.6 is 0 Å². The minimum atomic E-state index is -0.253. The summed E-state index contributed by atoms with van der Waals surface area (Å²) >= 11 is 0. The van der Waals surface area contributed by atoms with Crippen LogP contribution in [0.25, 0.3) is 6.08 Å². The highest BCUT2D eigenvalue weighted by atomic mass is 19.1. The van der Waals surface area contributed by atoms with Crippen molar-refractivity contribution in [2.75, 3.05) is 24.5 Å². The average Bonchev–Trinajstić information content (AvgIpc) is 3.11. The minimum absolute atomic E-state index is 0.120. The van der Waals surface area contributed by atoms with Crippen molar-refractivity contribution >= 4 is 17.5 Å². The summed E-state index contributed by atoms with van der Waals surface area (Å²) in [4.78, 5) is 4.47. The lowest BCUT2D eigenvalue weighted by atomic mass is 9.89. The molecule has 0 radical (unpaired) electrons. The third-order valence-electron chi connectivity index (χ3n) is 6.54. The summed E-state index contributed by atoms with van der Waals surface area (Å²) in [6.45, 7) is 2.62. The maximum absolute atomic E-state index is 14.7. The summed E-state index contributed by atoms with van der Waals surface area (Å²) < 4.78 is 41.8. The molecule has 0 aliphatic carbocycles. The minimum Gasteiger partial charge on any atom is -0.335 e. The number of para-hydroxylation sites is 1. The summed E-state index contributed by atoms with van der Waals surface area (Å²) in [7, 11) is 0. The fourth-order valence-corrected chi connectivity index (χ4v) is 5.05. The van der Waals surface area contributed by atoms with E-state index in [0.717, 1.165) is 49.3 Å². The Bertz CT molecular complexity index is 1130. The molecule has 164 valence electrons. The lowest BCUT2D eigenvalue weighted by Crippen LogP contribution is -2.45. The first kappa shape index (κ1) is 20.8. The molecule has 2 atom stereocenters. The number of nitrogens with zero attached hydrogens (tertiary/aromatic N) is 2. The largest absolute Gasteiger partial charge is 0.335 e. The van der Waals surface area contributed by atoms with Crippen LogP contribution in [0, 0.1) is 17.5 Å². The molecule has 0 spiro atoms. The quantitative estimate of drug-likeness (QED) is 0.451. The van der Waals surface area contributed by atoms with E-state index in [2.05, 4.69) is 15.9 Å². The summed E-state index contributed by atoms with van der Waals surface area (Å²) in [5.74, 6) is -0.605. The maximum atomic E-state index is 14.7. The summed E-state index contributed by atoms with van der Waals surface area (Å²) in [6, 6.07) is 18.2.